The fraction of sp³-hybridized carbons (Fsp3) is 1.00. The van der Waals surface area contributed by atoms with E-state index in [1.165, 1.54) is 0 Å². The molecule has 2 heterocycles. The Morgan fingerprint density at radius 3 is 2.73 bits per heavy atom. The Hall–Kier alpha value is -0.130. The van der Waals surface area contributed by atoms with E-state index in [1.54, 1.807) is 4.31 Å². The number of nitrogens with one attached hydrogen (secondary N) is 1. The van der Waals surface area contributed by atoms with Crippen LogP contribution >= 0.6 is 0 Å². The molecule has 2 aliphatic rings. The molecule has 5 heteroatoms. The second-order valence-corrected chi connectivity index (χ2v) is 6.51. The van der Waals surface area contributed by atoms with E-state index in [0.717, 1.165) is 51.7 Å². The summed E-state index contributed by atoms with van der Waals surface area (Å²) in [5.41, 5.74) is 0. The van der Waals surface area contributed by atoms with Crippen molar-refractivity contribution in [3.63, 3.8) is 0 Å². The maximum atomic E-state index is 11.9. The Bertz CT molecular complexity index is 295. The summed E-state index contributed by atoms with van der Waals surface area (Å²) in [4.78, 5) is 0. The number of hydrogen-bond acceptors (Lipinski definition) is 3. The van der Waals surface area contributed by atoms with Crippen LogP contribution in [-0.2, 0) is 10.0 Å². The Kier molecular flexibility index (Phi) is 3.64. The van der Waals surface area contributed by atoms with Crippen molar-refractivity contribution in [2.24, 2.45) is 0 Å². The average Bonchev–Trinajstić information content (AvgIpc) is 2.45. The summed E-state index contributed by atoms with van der Waals surface area (Å²) in [7, 11) is -2.93. The van der Waals surface area contributed by atoms with Crippen molar-refractivity contribution in [3.8, 4) is 0 Å². The zero-order chi connectivity index (χ0) is 10.7. The highest BCUT2D eigenvalue weighted by molar-refractivity contribution is 7.89. The summed E-state index contributed by atoms with van der Waals surface area (Å²) in [6, 6.07) is 0.255. The molecule has 0 aromatic heterocycles. The number of hydrogen-bond donors (Lipinski definition) is 1. The molecule has 4 nitrogen and oxygen atoms in total. The van der Waals surface area contributed by atoms with Gasteiger partial charge in [0.1, 0.15) is 0 Å². The van der Waals surface area contributed by atoms with Gasteiger partial charge in [0.15, 0.2) is 0 Å². The van der Waals surface area contributed by atoms with Crippen molar-refractivity contribution in [2.75, 3.05) is 25.4 Å². The quantitative estimate of drug-likeness (QED) is 0.718. The molecular weight excluding hydrogens is 212 g/mol. The van der Waals surface area contributed by atoms with E-state index in [9.17, 15) is 8.42 Å². The number of nitrogens with zero attached hydrogens (tertiary/aromatic N) is 1. The minimum absolute atomic E-state index is 0.255. The first-order valence-electron chi connectivity index (χ1n) is 5.90. The topological polar surface area (TPSA) is 49.4 Å². The van der Waals surface area contributed by atoms with Crippen LogP contribution in [0.25, 0.3) is 0 Å². The van der Waals surface area contributed by atoms with Crippen LogP contribution in [0.3, 0.4) is 0 Å². The Labute approximate surface area is 92.1 Å². The predicted molar refractivity (Wildman–Crippen MR) is 60.2 cm³/mol. The van der Waals surface area contributed by atoms with E-state index in [2.05, 4.69) is 5.32 Å². The van der Waals surface area contributed by atoms with Crippen LogP contribution in [-0.4, -0.2) is 44.2 Å². The molecule has 2 saturated heterocycles. The first kappa shape index (κ1) is 11.4. The fourth-order valence-electron chi connectivity index (χ4n) is 2.51. The van der Waals surface area contributed by atoms with Gasteiger partial charge in [-0.15, -0.1) is 0 Å². The normalized spacial score (nSPS) is 33.5. The van der Waals surface area contributed by atoms with Gasteiger partial charge in [-0.1, -0.05) is 0 Å². The molecule has 0 spiro atoms. The van der Waals surface area contributed by atoms with Gasteiger partial charge in [-0.2, -0.15) is 4.31 Å². The molecule has 88 valence electrons. The molecule has 2 fully saturated rings. The molecule has 1 N–H and O–H groups in total. The van der Waals surface area contributed by atoms with Gasteiger partial charge in [0.2, 0.25) is 10.0 Å². The molecule has 1 atom stereocenters. The van der Waals surface area contributed by atoms with E-state index in [4.69, 9.17) is 0 Å². The van der Waals surface area contributed by atoms with Crippen molar-refractivity contribution < 1.29 is 8.42 Å². The third-order valence-corrected chi connectivity index (χ3v) is 5.34. The van der Waals surface area contributed by atoms with Crippen LogP contribution in [0, 0.1) is 0 Å². The summed E-state index contributed by atoms with van der Waals surface area (Å²) in [6.07, 6.45) is 4.95. The molecule has 0 radical (unpaired) electrons. The first-order valence-corrected chi connectivity index (χ1v) is 7.51. The minimum Gasteiger partial charge on any atom is -0.317 e. The Morgan fingerprint density at radius 2 is 1.93 bits per heavy atom. The van der Waals surface area contributed by atoms with Crippen molar-refractivity contribution >= 4 is 10.0 Å². The summed E-state index contributed by atoms with van der Waals surface area (Å²) >= 11 is 0. The van der Waals surface area contributed by atoms with E-state index < -0.39 is 10.0 Å². The van der Waals surface area contributed by atoms with Gasteiger partial charge in [0, 0.05) is 12.6 Å². The molecule has 0 aromatic carbocycles. The number of sulfonamides is 1. The van der Waals surface area contributed by atoms with Crippen LogP contribution in [0.4, 0.5) is 0 Å². The van der Waals surface area contributed by atoms with Gasteiger partial charge in [-0.05, 0) is 45.2 Å². The van der Waals surface area contributed by atoms with Gasteiger partial charge >= 0.3 is 0 Å². The van der Waals surface area contributed by atoms with Gasteiger partial charge in [-0.25, -0.2) is 8.42 Å². The van der Waals surface area contributed by atoms with E-state index in [-0.39, 0.29) is 6.04 Å². The largest absolute Gasteiger partial charge is 0.317 e. The monoisotopic (exact) mass is 232 g/mol. The number of rotatable bonds is 1. The minimum atomic E-state index is -2.93. The highest BCUT2D eigenvalue weighted by Crippen LogP contribution is 2.22. The van der Waals surface area contributed by atoms with Crippen molar-refractivity contribution in [1.82, 2.24) is 9.62 Å². The smallest absolute Gasteiger partial charge is 0.214 e. The lowest BCUT2D eigenvalue weighted by molar-refractivity contribution is 0.282. The maximum absolute atomic E-state index is 11.9. The fourth-order valence-corrected chi connectivity index (χ4v) is 4.38. The SMILES string of the molecule is O=S1(=O)CCCCN1C1CCCNCC1. The lowest BCUT2D eigenvalue weighted by Gasteiger charge is -2.33. The molecule has 1 unspecified atom stereocenters. The highest BCUT2D eigenvalue weighted by Gasteiger charge is 2.32. The van der Waals surface area contributed by atoms with Gasteiger partial charge in [0.05, 0.1) is 5.75 Å². The molecule has 0 amide bonds. The third-order valence-electron chi connectivity index (χ3n) is 3.34. The zero-order valence-corrected chi connectivity index (χ0v) is 9.93. The van der Waals surface area contributed by atoms with Crippen LogP contribution < -0.4 is 5.32 Å². The average molecular weight is 232 g/mol. The second kappa shape index (κ2) is 4.80. The summed E-state index contributed by atoms with van der Waals surface area (Å²) in [5, 5.41) is 3.32. The lowest BCUT2D eigenvalue weighted by Crippen LogP contribution is -2.45. The Morgan fingerprint density at radius 1 is 1.07 bits per heavy atom. The summed E-state index contributed by atoms with van der Waals surface area (Å²) in [6.45, 7) is 2.73. The van der Waals surface area contributed by atoms with Gasteiger partial charge in [-0.3, -0.25) is 0 Å². The van der Waals surface area contributed by atoms with Gasteiger partial charge < -0.3 is 5.32 Å². The van der Waals surface area contributed by atoms with Crippen molar-refractivity contribution in [3.05, 3.63) is 0 Å². The molecule has 0 bridgehead atoms. The third kappa shape index (κ3) is 2.71. The molecule has 2 aliphatic heterocycles. The lowest BCUT2D eigenvalue weighted by atomic mass is 10.1. The maximum Gasteiger partial charge on any atom is 0.214 e. The van der Waals surface area contributed by atoms with Crippen LogP contribution in [0.5, 0.6) is 0 Å². The van der Waals surface area contributed by atoms with E-state index in [1.807, 2.05) is 0 Å². The standard InChI is InChI=1S/C10H20N2O2S/c13-15(14)9-2-1-8-12(15)10-4-3-6-11-7-5-10/h10-11H,1-9H2. The molecule has 2 rings (SSSR count). The van der Waals surface area contributed by atoms with Gasteiger partial charge in [0.25, 0.3) is 0 Å². The molecule has 0 aromatic rings. The first-order chi connectivity index (χ1) is 7.20. The predicted octanol–water partition coefficient (Wildman–Crippen LogP) is 0.554. The van der Waals surface area contributed by atoms with Crippen molar-refractivity contribution in [1.29, 1.82) is 0 Å². The summed E-state index contributed by atoms with van der Waals surface area (Å²) < 4.78 is 25.6. The highest BCUT2D eigenvalue weighted by atomic mass is 32.2. The van der Waals surface area contributed by atoms with E-state index >= 15 is 0 Å². The summed E-state index contributed by atoms with van der Waals surface area (Å²) in [5.74, 6) is 0.358. The molecular formula is C10H20N2O2S. The van der Waals surface area contributed by atoms with Crippen LogP contribution in [0.1, 0.15) is 32.1 Å². The van der Waals surface area contributed by atoms with Crippen LogP contribution in [0.15, 0.2) is 0 Å². The molecule has 0 saturated carbocycles. The molecule has 0 aliphatic carbocycles. The second-order valence-electron chi connectivity index (χ2n) is 4.47. The Balaban J connectivity index is 2.06. The molecule has 15 heavy (non-hydrogen) atoms. The zero-order valence-electron chi connectivity index (χ0n) is 9.11. The van der Waals surface area contributed by atoms with Crippen LogP contribution in [0.2, 0.25) is 0 Å². The van der Waals surface area contributed by atoms with Crippen molar-refractivity contribution in [2.45, 2.75) is 38.1 Å². The van der Waals surface area contributed by atoms with E-state index in [0.29, 0.717) is 5.75 Å².